The van der Waals surface area contributed by atoms with E-state index in [0.717, 1.165) is 0 Å². The van der Waals surface area contributed by atoms with E-state index < -0.39 is 22.8 Å². The summed E-state index contributed by atoms with van der Waals surface area (Å²) in [6.07, 6.45) is 0. The number of amides is 1. The van der Waals surface area contributed by atoms with Crippen molar-refractivity contribution in [2.75, 3.05) is 6.61 Å². The lowest BCUT2D eigenvalue weighted by Gasteiger charge is -2.13. The number of non-ortho nitro benzene ring substituents is 1. The predicted octanol–water partition coefficient (Wildman–Crippen LogP) is 1.58. The van der Waals surface area contributed by atoms with Gasteiger partial charge in [-0.3, -0.25) is 14.9 Å². The van der Waals surface area contributed by atoms with E-state index in [1.165, 1.54) is 25.1 Å². The number of benzene rings is 1. The number of nitro benzene ring substituents is 1. The van der Waals surface area contributed by atoms with Crippen LogP contribution in [0.5, 0.6) is 0 Å². The Morgan fingerprint density at radius 1 is 1.45 bits per heavy atom. The molecule has 1 atom stereocenters. The van der Waals surface area contributed by atoms with Crippen molar-refractivity contribution < 1.29 is 19.2 Å². The van der Waals surface area contributed by atoms with Crippen LogP contribution in [0.4, 0.5) is 5.69 Å². The first-order valence-electron chi connectivity index (χ1n) is 6.09. The van der Waals surface area contributed by atoms with Gasteiger partial charge in [0.2, 0.25) is 0 Å². The van der Waals surface area contributed by atoms with E-state index in [9.17, 15) is 19.7 Å². The van der Waals surface area contributed by atoms with Gasteiger partial charge in [0.05, 0.1) is 11.5 Å². The van der Waals surface area contributed by atoms with Gasteiger partial charge in [0.1, 0.15) is 6.04 Å². The molecule has 0 fully saturated rings. The lowest BCUT2D eigenvalue weighted by molar-refractivity contribution is -0.384. The number of carbonyl (C=O) groups is 2. The van der Waals surface area contributed by atoms with Crippen molar-refractivity contribution in [2.45, 2.75) is 26.8 Å². The summed E-state index contributed by atoms with van der Waals surface area (Å²) in [6, 6.07) is 3.14. The van der Waals surface area contributed by atoms with Gasteiger partial charge in [0.25, 0.3) is 11.6 Å². The SMILES string of the molecule is CCOC(=O)C(C)NC(=O)c1ccc([N+](=O)[O-])cc1C. The molecule has 1 N–H and O–H groups in total. The van der Waals surface area contributed by atoms with Gasteiger partial charge in [0, 0.05) is 17.7 Å². The molecule has 7 heteroatoms. The predicted molar refractivity (Wildman–Crippen MR) is 71.4 cm³/mol. The number of nitrogens with one attached hydrogen (secondary N) is 1. The Hall–Kier alpha value is -2.44. The summed E-state index contributed by atoms with van der Waals surface area (Å²) in [6.45, 7) is 5.01. The zero-order valence-electron chi connectivity index (χ0n) is 11.5. The fraction of sp³-hybridized carbons (Fsp3) is 0.385. The maximum absolute atomic E-state index is 12.0. The van der Waals surface area contributed by atoms with Gasteiger partial charge in [-0.25, -0.2) is 4.79 Å². The topological polar surface area (TPSA) is 98.5 Å². The van der Waals surface area contributed by atoms with Crippen LogP contribution in [0.3, 0.4) is 0 Å². The Morgan fingerprint density at radius 2 is 2.10 bits per heavy atom. The highest BCUT2D eigenvalue weighted by Gasteiger charge is 2.19. The number of rotatable bonds is 5. The van der Waals surface area contributed by atoms with E-state index in [1.807, 2.05) is 0 Å². The highest BCUT2D eigenvalue weighted by Crippen LogP contribution is 2.17. The van der Waals surface area contributed by atoms with Gasteiger partial charge in [-0.05, 0) is 32.4 Å². The van der Waals surface area contributed by atoms with E-state index in [4.69, 9.17) is 4.74 Å². The van der Waals surface area contributed by atoms with E-state index in [1.54, 1.807) is 13.8 Å². The Kier molecular flexibility index (Phi) is 5.19. The molecule has 0 aliphatic heterocycles. The summed E-state index contributed by atoms with van der Waals surface area (Å²) in [5.74, 6) is -1.00. The van der Waals surface area contributed by atoms with E-state index in [0.29, 0.717) is 5.56 Å². The van der Waals surface area contributed by atoms with Crippen LogP contribution in [0.2, 0.25) is 0 Å². The molecule has 0 aliphatic rings. The molecule has 1 amide bonds. The lowest BCUT2D eigenvalue weighted by Crippen LogP contribution is -2.39. The first-order chi connectivity index (χ1) is 9.36. The van der Waals surface area contributed by atoms with E-state index >= 15 is 0 Å². The third kappa shape index (κ3) is 3.78. The number of carbonyl (C=O) groups excluding carboxylic acids is 2. The fourth-order valence-corrected chi connectivity index (χ4v) is 1.62. The summed E-state index contributed by atoms with van der Waals surface area (Å²) in [7, 11) is 0. The summed E-state index contributed by atoms with van der Waals surface area (Å²) in [4.78, 5) is 33.5. The molecule has 1 aromatic rings. The van der Waals surface area contributed by atoms with Crippen LogP contribution in [-0.2, 0) is 9.53 Å². The average Bonchev–Trinajstić information content (AvgIpc) is 2.38. The minimum Gasteiger partial charge on any atom is -0.464 e. The standard InChI is InChI=1S/C13H16N2O5/c1-4-20-13(17)9(3)14-12(16)11-6-5-10(15(18)19)7-8(11)2/h5-7,9H,4H2,1-3H3,(H,14,16). The molecular formula is C13H16N2O5. The number of nitrogens with zero attached hydrogens (tertiary/aromatic N) is 1. The minimum atomic E-state index is -0.781. The monoisotopic (exact) mass is 280 g/mol. The molecule has 0 aromatic heterocycles. The summed E-state index contributed by atoms with van der Waals surface area (Å²) >= 11 is 0. The number of ether oxygens (including phenoxy) is 1. The molecule has 108 valence electrons. The van der Waals surface area contributed by atoms with Crippen LogP contribution in [0.15, 0.2) is 18.2 Å². The molecule has 1 unspecified atom stereocenters. The molecule has 0 saturated heterocycles. The molecule has 0 saturated carbocycles. The summed E-state index contributed by atoms with van der Waals surface area (Å²) in [5.41, 5.74) is 0.664. The maximum Gasteiger partial charge on any atom is 0.328 e. The number of hydrogen-bond donors (Lipinski definition) is 1. The second-order valence-electron chi connectivity index (χ2n) is 4.20. The van der Waals surface area contributed by atoms with Crippen molar-refractivity contribution in [3.05, 3.63) is 39.4 Å². The van der Waals surface area contributed by atoms with Crippen LogP contribution in [0.1, 0.15) is 29.8 Å². The second-order valence-corrected chi connectivity index (χ2v) is 4.20. The van der Waals surface area contributed by atoms with Gasteiger partial charge in [0.15, 0.2) is 0 Å². The average molecular weight is 280 g/mol. The maximum atomic E-state index is 12.0. The third-order valence-corrected chi connectivity index (χ3v) is 2.65. The van der Waals surface area contributed by atoms with Crippen molar-refractivity contribution >= 4 is 17.6 Å². The van der Waals surface area contributed by atoms with Crippen LogP contribution in [-0.4, -0.2) is 29.4 Å². The zero-order chi connectivity index (χ0) is 15.3. The smallest absolute Gasteiger partial charge is 0.328 e. The number of hydrogen-bond acceptors (Lipinski definition) is 5. The third-order valence-electron chi connectivity index (χ3n) is 2.65. The largest absolute Gasteiger partial charge is 0.464 e. The van der Waals surface area contributed by atoms with Crippen LogP contribution >= 0.6 is 0 Å². The molecule has 1 rings (SSSR count). The lowest BCUT2D eigenvalue weighted by atomic mass is 10.1. The second kappa shape index (κ2) is 6.65. The van der Waals surface area contributed by atoms with Crippen molar-refractivity contribution in [3.8, 4) is 0 Å². The zero-order valence-corrected chi connectivity index (χ0v) is 11.5. The number of nitro groups is 1. The van der Waals surface area contributed by atoms with Gasteiger partial charge < -0.3 is 10.1 Å². The first kappa shape index (κ1) is 15.6. The molecule has 20 heavy (non-hydrogen) atoms. The van der Waals surface area contributed by atoms with Crippen LogP contribution in [0.25, 0.3) is 0 Å². The molecule has 1 aromatic carbocycles. The van der Waals surface area contributed by atoms with Crippen molar-refractivity contribution in [2.24, 2.45) is 0 Å². The van der Waals surface area contributed by atoms with Crippen LogP contribution < -0.4 is 5.32 Å². The summed E-state index contributed by atoms with van der Waals surface area (Å²) < 4.78 is 4.78. The van der Waals surface area contributed by atoms with Crippen molar-refractivity contribution in [3.63, 3.8) is 0 Å². The van der Waals surface area contributed by atoms with Gasteiger partial charge in [-0.15, -0.1) is 0 Å². The Balaban J connectivity index is 2.83. The Morgan fingerprint density at radius 3 is 2.60 bits per heavy atom. The quantitative estimate of drug-likeness (QED) is 0.501. The first-order valence-corrected chi connectivity index (χ1v) is 6.09. The van der Waals surface area contributed by atoms with E-state index in [2.05, 4.69) is 5.32 Å². The molecular weight excluding hydrogens is 264 g/mol. The van der Waals surface area contributed by atoms with Crippen molar-refractivity contribution in [1.82, 2.24) is 5.32 Å². The normalized spacial score (nSPS) is 11.6. The molecule has 0 aliphatic carbocycles. The summed E-state index contributed by atoms with van der Waals surface area (Å²) in [5, 5.41) is 13.1. The van der Waals surface area contributed by atoms with E-state index in [-0.39, 0.29) is 17.9 Å². The van der Waals surface area contributed by atoms with Crippen LogP contribution in [0, 0.1) is 17.0 Å². The molecule has 0 bridgehead atoms. The van der Waals surface area contributed by atoms with Gasteiger partial charge >= 0.3 is 5.97 Å². The highest BCUT2D eigenvalue weighted by atomic mass is 16.6. The Labute approximate surface area is 116 Å². The number of esters is 1. The Bertz CT molecular complexity index is 542. The van der Waals surface area contributed by atoms with Crippen molar-refractivity contribution in [1.29, 1.82) is 0 Å². The van der Waals surface area contributed by atoms with Gasteiger partial charge in [-0.2, -0.15) is 0 Å². The molecule has 0 spiro atoms. The highest BCUT2D eigenvalue weighted by molar-refractivity contribution is 5.98. The molecule has 0 heterocycles. The fourth-order valence-electron chi connectivity index (χ4n) is 1.62. The van der Waals surface area contributed by atoms with Gasteiger partial charge in [-0.1, -0.05) is 0 Å². The minimum absolute atomic E-state index is 0.0857. The molecule has 7 nitrogen and oxygen atoms in total. The molecule has 0 radical (unpaired) electrons. The number of aryl methyl sites for hydroxylation is 1.